The third kappa shape index (κ3) is 7.25. The normalized spacial score (nSPS) is 12.2. The number of nitrogens with one attached hydrogen (secondary N) is 1. The number of anilines is 5. The largest absolute Gasteiger partial charge is 0.456 e. The average Bonchev–Trinajstić information content (AvgIpc) is 3.91. The van der Waals surface area contributed by atoms with E-state index in [1.165, 1.54) is 68.8 Å². The van der Waals surface area contributed by atoms with E-state index in [1.54, 1.807) is 0 Å². The van der Waals surface area contributed by atoms with Crippen LogP contribution >= 0.6 is 0 Å². The van der Waals surface area contributed by atoms with Crippen LogP contribution in [0.3, 0.4) is 0 Å². The van der Waals surface area contributed by atoms with E-state index < -0.39 is 0 Å². The first-order chi connectivity index (χ1) is 33.3. The summed E-state index contributed by atoms with van der Waals surface area (Å²) in [5, 5.41) is 8.68. The van der Waals surface area contributed by atoms with Crippen molar-refractivity contribution in [3.05, 3.63) is 205 Å². The lowest BCUT2D eigenvalue weighted by Crippen LogP contribution is -2.37. The van der Waals surface area contributed by atoms with E-state index in [-0.39, 0.29) is 5.41 Å². The van der Waals surface area contributed by atoms with Gasteiger partial charge in [-0.05, 0) is 136 Å². The Morgan fingerprint density at radius 2 is 1.26 bits per heavy atom. The highest BCUT2D eigenvalue weighted by molar-refractivity contribution is 6.74. The van der Waals surface area contributed by atoms with Gasteiger partial charge < -0.3 is 19.2 Å². The van der Waals surface area contributed by atoms with Crippen LogP contribution in [-0.4, -0.2) is 11.8 Å². The van der Waals surface area contributed by atoms with E-state index in [9.17, 15) is 0 Å². The summed E-state index contributed by atoms with van der Waals surface area (Å²) in [6.07, 6.45) is 4.77. The Labute approximate surface area is 399 Å². The lowest BCUT2D eigenvalue weighted by molar-refractivity contribution is 0.590. The summed E-state index contributed by atoms with van der Waals surface area (Å²) in [7, 11) is 2.42. The van der Waals surface area contributed by atoms with E-state index in [0.717, 1.165) is 79.1 Å². The van der Waals surface area contributed by atoms with Crippen molar-refractivity contribution >= 4 is 90.4 Å². The molecule has 11 aromatic rings. The third-order valence-electron chi connectivity index (χ3n) is 14.0. The Balaban J connectivity index is 1.15. The molecule has 329 valence electrons. The summed E-state index contributed by atoms with van der Waals surface area (Å²) in [4.78, 5) is 2.36. The number of nitrogens with zero attached hydrogens (tertiary/aromatic N) is 2. The maximum atomic E-state index is 6.58. The molecule has 0 fully saturated rings. The maximum absolute atomic E-state index is 6.58. The Morgan fingerprint density at radius 1 is 0.574 bits per heavy atom. The number of para-hydroxylation sites is 4. The van der Waals surface area contributed by atoms with Crippen molar-refractivity contribution in [1.82, 2.24) is 4.57 Å². The first-order valence-corrected chi connectivity index (χ1v) is 24.2. The van der Waals surface area contributed by atoms with Crippen LogP contribution < -0.4 is 21.1 Å². The van der Waals surface area contributed by atoms with E-state index >= 15 is 0 Å². The van der Waals surface area contributed by atoms with Crippen molar-refractivity contribution in [1.29, 1.82) is 0 Å². The lowest BCUT2D eigenvalue weighted by Gasteiger charge is -2.28. The molecule has 0 spiro atoms. The van der Waals surface area contributed by atoms with Gasteiger partial charge in [0.1, 0.15) is 11.2 Å². The molecule has 0 saturated carbocycles. The number of rotatable bonds is 11. The molecule has 2 aromatic heterocycles. The molecule has 68 heavy (non-hydrogen) atoms. The minimum Gasteiger partial charge on any atom is -0.456 e. The monoisotopic (exact) mass is 878 g/mol. The molecule has 0 bridgehead atoms. The fourth-order valence-electron chi connectivity index (χ4n) is 10.5. The van der Waals surface area contributed by atoms with Crippen LogP contribution in [-0.2, 0) is 11.8 Å². The van der Waals surface area contributed by atoms with E-state index in [0.29, 0.717) is 0 Å². The number of hydrogen-bond acceptors (Lipinski definition) is 3. The summed E-state index contributed by atoms with van der Waals surface area (Å²) in [6.45, 7) is 9.13. The SMILES string of the molecule is CCCCCc1ccc(Nc2ccc(N(c3ccccc3)c3ccccc3)cc2-c2cc(-c3ccc(C(C)(C)C)cc3)c3c4ccccc4n4c3c2[B]c2cc3oc5ccccc5c3cc2-4)cc1. The van der Waals surface area contributed by atoms with Crippen LogP contribution in [0, 0.1) is 0 Å². The molecular formula is C63H53BN3O. The molecule has 5 heteroatoms. The van der Waals surface area contributed by atoms with Gasteiger partial charge in [0.05, 0.1) is 5.52 Å². The standard InChI is InChI=1S/C63H53BN3O/c1-5-6-9-18-41-27-33-44(34-28-41)65-55-36-35-47(66(45-19-10-7-11-20-45)46-21-12-8-13-22-46)37-51(55)53-38-50(42-29-31-43(32-30-42)63(2,3)4)60-49-24-14-16-25-56(49)67-57-39-52-48-23-15-17-26-58(48)68-59(52)40-54(57)64-61(53)62(60)67/h7-8,10-17,19-40,65H,5-6,9,18H2,1-4H3. The van der Waals surface area contributed by atoms with Gasteiger partial charge in [0, 0.05) is 66.7 Å². The van der Waals surface area contributed by atoms with Crippen LogP contribution in [0.1, 0.15) is 58.1 Å². The molecule has 0 aliphatic carbocycles. The van der Waals surface area contributed by atoms with Gasteiger partial charge in [-0.1, -0.05) is 155 Å². The van der Waals surface area contributed by atoms with E-state index in [1.807, 2.05) is 0 Å². The highest BCUT2D eigenvalue weighted by Gasteiger charge is 2.30. The van der Waals surface area contributed by atoms with E-state index in [2.05, 4.69) is 244 Å². The summed E-state index contributed by atoms with van der Waals surface area (Å²) in [5.74, 6) is 0. The topological polar surface area (TPSA) is 33.3 Å². The second-order valence-electron chi connectivity index (χ2n) is 19.5. The zero-order valence-corrected chi connectivity index (χ0v) is 39.2. The van der Waals surface area contributed by atoms with Gasteiger partial charge in [-0.15, -0.1) is 0 Å². The van der Waals surface area contributed by atoms with Crippen LogP contribution in [0.5, 0.6) is 0 Å². The molecule has 1 aliphatic rings. The van der Waals surface area contributed by atoms with Crippen molar-refractivity contribution in [3.63, 3.8) is 0 Å². The van der Waals surface area contributed by atoms with Gasteiger partial charge in [-0.3, -0.25) is 0 Å². The van der Waals surface area contributed by atoms with Crippen molar-refractivity contribution < 1.29 is 4.42 Å². The molecule has 12 rings (SSSR count). The molecule has 4 nitrogen and oxygen atoms in total. The fraction of sp³-hybridized carbons (Fsp3) is 0.143. The molecule has 0 saturated heterocycles. The Bertz CT molecular complexity index is 3620. The Morgan fingerprint density at radius 3 is 1.99 bits per heavy atom. The highest BCUT2D eigenvalue weighted by Crippen LogP contribution is 2.46. The number of benzene rings is 9. The Hall–Kier alpha value is -7.76. The zero-order chi connectivity index (χ0) is 45.9. The quantitative estimate of drug-likeness (QED) is 0.104. The number of aromatic nitrogens is 1. The number of hydrogen-bond donors (Lipinski definition) is 1. The van der Waals surface area contributed by atoms with Crippen molar-refractivity contribution in [3.8, 4) is 27.9 Å². The van der Waals surface area contributed by atoms with E-state index in [4.69, 9.17) is 4.42 Å². The molecule has 0 unspecified atom stereocenters. The predicted molar refractivity (Wildman–Crippen MR) is 290 cm³/mol. The number of unbranched alkanes of at least 4 members (excludes halogenated alkanes) is 2. The van der Waals surface area contributed by atoms with Crippen molar-refractivity contribution in [2.24, 2.45) is 0 Å². The second-order valence-corrected chi connectivity index (χ2v) is 19.5. The molecule has 0 amide bonds. The van der Waals surface area contributed by atoms with Crippen LogP contribution in [0.4, 0.5) is 28.4 Å². The van der Waals surface area contributed by atoms with Gasteiger partial charge in [0.2, 0.25) is 0 Å². The van der Waals surface area contributed by atoms with Gasteiger partial charge >= 0.3 is 0 Å². The van der Waals surface area contributed by atoms with Crippen LogP contribution in [0.15, 0.2) is 199 Å². The van der Waals surface area contributed by atoms with Crippen LogP contribution in [0.2, 0.25) is 0 Å². The molecule has 1 radical (unpaired) electrons. The zero-order valence-electron chi connectivity index (χ0n) is 39.2. The number of aryl methyl sites for hydroxylation is 1. The number of furan rings is 1. The van der Waals surface area contributed by atoms with Crippen molar-refractivity contribution in [2.45, 2.75) is 58.8 Å². The summed E-state index contributed by atoms with van der Waals surface area (Å²) in [5.41, 5.74) is 20.3. The van der Waals surface area contributed by atoms with Gasteiger partial charge in [-0.2, -0.15) is 0 Å². The smallest absolute Gasteiger partial charge is 0.198 e. The maximum Gasteiger partial charge on any atom is 0.198 e. The summed E-state index contributed by atoms with van der Waals surface area (Å²) >= 11 is 0. The summed E-state index contributed by atoms with van der Waals surface area (Å²) < 4.78 is 9.11. The minimum atomic E-state index is 0.0269. The highest BCUT2D eigenvalue weighted by atomic mass is 16.3. The first-order valence-electron chi connectivity index (χ1n) is 24.2. The second kappa shape index (κ2) is 16.8. The summed E-state index contributed by atoms with van der Waals surface area (Å²) in [6, 6.07) is 71.1. The predicted octanol–water partition coefficient (Wildman–Crippen LogP) is 16.2. The van der Waals surface area contributed by atoms with Gasteiger partial charge in [0.15, 0.2) is 7.28 Å². The Kier molecular flexibility index (Phi) is 10.3. The minimum absolute atomic E-state index is 0.0269. The number of fused-ring (bicyclic) bond motifs is 8. The molecule has 0 atom stereocenters. The van der Waals surface area contributed by atoms with Crippen LogP contribution in [0.25, 0.3) is 71.7 Å². The molecule has 3 heterocycles. The average molecular weight is 879 g/mol. The molecule has 1 aliphatic heterocycles. The molecular weight excluding hydrogens is 826 g/mol. The first kappa shape index (κ1) is 41.7. The third-order valence-corrected chi connectivity index (χ3v) is 14.0. The lowest BCUT2D eigenvalue weighted by atomic mass is 9.58. The molecule has 1 N–H and O–H groups in total. The fourth-order valence-corrected chi connectivity index (χ4v) is 10.5. The van der Waals surface area contributed by atoms with Gasteiger partial charge in [-0.25, -0.2) is 0 Å². The van der Waals surface area contributed by atoms with Crippen molar-refractivity contribution in [2.75, 3.05) is 10.2 Å². The van der Waals surface area contributed by atoms with Gasteiger partial charge in [0.25, 0.3) is 0 Å². The molecule has 9 aromatic carbocycles.